The second-order valence-corrected chi connectivity index (χ2v) is 7.27. The van der Waals surface area contributed by atoms with E-state index in [1.165, 1.54) is 6.92 Å². The van der Waals surface area contributed by atoms with E-state index >= 15 is 0 Å². The average Bonchev–Trinajstić information content (AvgIpc) is 3.12. The Kier molecular flexibility index (Phi) is 6.72. The predicted molar refractivity (Wildman–Crippen MR) is 113 cm³/mol. The van der Waals surface area contributed by atoms with E-state index in [-0.39, 0.29) is 18.9 Å². The molecule has 2 unspecified atom stereocenters. The van der Waals surface area contributed by atoms with Gasteiger partial charge in [-0.15, -0.1) is 0 Å². The van der Waals surface area contributed by atoms with E-state index in [1.54, 1.807) is 41.3 Å². The number of amides is 2. The lowest BCUT2D eigenvalue weighted by Crippen LogP contribution is -2.33. The van der Waals surface area contributed by atoms with Gasteiger partial charge in [0.2, 0.25) is 5.91 Å². The molecule has 158 valence electrons. The summed E-state index contributed by atoms with van der Waals surface area (Å²) in [5, 5.41) is 2.72. The minimum atomic E-state index is -0.964. The fourth-order valence-corrected chi connectivity index (χ4v) is 3.21. The van der Waals surface area contributed by atoms with Gasteiger partial charge in [0.15, 0.2) is 6.10 Å². The molecule has 1 aliphatic rings. The van der Waals surface area contributed by atoms with Gasteiger partial charge in [-0.2, -0.15) is 0 Å². The van der Waals surface area contributed by atoms with Crippen molar-refractivity contribution in [2.75, 3.05) is 23.4 Å². The Morgan fingerprint density at radius 1 is 1.13 bits per heavy atom. The highest BCUT2D eigenvalue weighted by Gasteiger charge is 2.37. The second kappa shape index (κ2) is 9.43. The number of hydrogen-bond acceptors (Lipinski definition) is 5. The minimum absolute atomic E-state index is 0.0539. The lowest BCUT2D eigenvalue weighted by Gasteiger charge is -2.18. The zero-order chi connectivity index (χ0) is 21.7. The number of carbonyl (C=O) groups excluding carboxylic acids is 3. The van der Waals surface area contributed by atoms with Crippen molar-refractivity contribution in [1.29, 1.82) is 0 Å². The van der Waals surface area contributed by atoms with Gasteiger partial charge < -0.3 is 19.7 Å². The van der Waals surface area contributed by atoms with E-state index in [0.29, 0.717) is 18.0 Å². The molecule has 0 radical (unpaired) electrons. The molecule has 2 aromatic rings. The maximum atomic E-state index is 12.5. The normalized spacial score (nSPS) is 16.8. The molecule has 2 atom stereocenters. The lowest BCUT2D eigenvalue weighted by molar-refractivity contribution is -0.157. The fraction of sp³-hybridized carbons (Fsp3) is 0.348. The molecule has 3 rings (SSSR count). The second-order valence-electron chi connectivity index (χ2n) is 7.27. The number of carbonyl (C=O) groups is 3. The molecule has 1 fully saturated rings. The van der Waals surface area contributed by atoms with Crippen molar-refractivity contribution in [3.8, 4) is 5.75 Å². The third-order valence-electron chi connectivity index (χ3n) is 4.90. The van der Waals surface area contributed by atoms with Gasteiger partial charge in [0.25, 0.3) is 5.91 Å². The lowest BCUT2D eigenvalue weighted by atomic mass is 10.1. The van der Waals surface area contributed by atoms with Crippen molar-refractivity contribution in [2.24, 2.45) is 5.92 Å². The summed E-state index contributed by atoms with van der Waals surface area (Å²) in [5.74, 6) is -1.02. The number of nitrogens with one attached hydrogen (secondary N) is 1. The molecule has 1 saturated heterocycles. The summed E-state index contributed by atoms with van der Waals surface area (Å²) in [6.07, 6.45) is -0.911. The van der Waals surface area contributed by atoms with E-state index in [0.717, 1.165) is 11.3 Å². The smallest absolute Gasteiger partial charge is 0.312 e. The Labute approximate surface area is 176 Å². The van der Waals surface area contributed by atoms with E-state index in [9.17, 15) is 14.4 Å². The largest absolute Gasteiger partial charge is 0.494 e. The molecule has 0 aromatic heterocycles. The molecule has 1 N–H and O–H groups in total. The van der Waals surface area contributed by atoms with Crippen LogP contribution in [0.3, 0.4) is 0 Å². The molecule has 0 aliphatic carbocycles. The highest BCUT2D eigenvalue weighted by atomic mass is 16.5. The third-order valence-corrected chi connectivity index (χ3v) is 4.90. The first-order chi connectivity index (χ1) is 14.4. The number of aryl methyl sites for hydroxylation is 1. The van der Waals surface area contributed by atoms with Gasteiger partial charge in [-0.1, -0.05) is 17.7 Å². The van der Waals surface area contributed by atoms with Crippen molar-refractivity contribution >= 4 is 29.2 Å². The number of benzene rings is 2. The molecular weight excluding hydrogens is 384 g/mol. The van der Waals surface area contributed by atoms with E-state index in [4.69, 9.17) is 9.47 Å². The molecule has 2 aromatic carbocycles. The van der Waals surface area contributed by atoms with Crippen LogP contribution in [0.15, 0.2) is 48.5 Å². The van der Waals surface area contributed by atoms with Crippen molar-refractivity contribution in [2.45, 2.75) is 33.3 Å². The predicted octanol–water partition coefficient (Wildman–Crippen LogP) is 3.32. The molecule has 1 heterocycles. The Balaban J connectivity index is 1.55. The number of anilines is 2. The zero-order valence-corrected chi connectivity index (χ0v) is 17.4. The molecule has 0 bridgehead atoms. The maximum Gasteiger partial charge on any atom is 0.312 e. The highest BCUT2D eigenvalue weighted by molar-refractivity contribution is 6.00. The van der Waals surface area contributed by atoms with Crippen LogP contribution >= 0.6 is 0 Å². The number of esters is 1. The van der Waals surface area contributed by atoms with Crippen LogP contribution in [0.25, 0.3) is 0 Å². The van der Waals surface area contributed by atoms with Gasteiger partial charge >= 0.3 is 5.97 Å². The third kappa shape index (κ3) is 5.17. The summed E-state index contributed by atoms with van der Waals surface area (Å²) >= 11 is 0. The summed E-state index contributed by atoms with van der Waals surface area (Å²) in [6.45, 7) is 6.15. The fourth-order valence-electron chi connectivity index (χ4n) is 3.21. The summed E-state index contributed by atoms with van der Waals surface area (Å²) in [7, 11) is 0. The first kappa shape index (κ1) is 21.4. The molecule has 30 heavy (non-hydrogen) atoms. The summed E-state index contributed by atoms with van der Waals surface area (Å²) in [6, 6.07) is 14.5. The highest BCUT2D eigenvalue weighted by Crippen LogP contribution is 2.27. The van der Waals surface area contributed by atoms with Crippen LogP contribution in [0.1, 0.15) is 25.8 Å². The van der Waals surface area contributed by atoms with E-state index in [2.05, 4.69) is 5.32 Å². The van der Waals surface area contributed by atoms with Crippen molar-refractivity contribution < 1.29 is 23.9 Å². The Hall–Kier alpha value is -3.35. The first-order valence-corrected chi connectivity index (χ1v) is 9.98. The van der Waals surface area contributed by atoms with Crippen LogP contribution in [-0.2, 0) is 19.1 Å². The van der Waals surface area contributed by atoms with Crippen LogP contribution in [-0.4, -0.2) is 37.0 Å². The quantitative estimate of drug-likeness (QED) is 0.708. The standard InChI is InChI=1S/C23H26N2O5/c1-4-29-20-11-9-19(10-12-20)25-14-17(13-21(25)26)23(28)30-16(3)22(27)24-18-7-5-15(2)6-8-18/h5-12,16-17H,4,13-14H2,1-3H3,(H,24,27). The number of hydrogen-bond donors (Lipinski definition) is 1. The van der Waals surface area contributed by atoms with Crippen LogP contribution in [0.5, 0.6) is 5.75 Å². The monoisotopic (exact) mass is 410 g/mol. The van der Waals surface area contributed by atoms with Crippen LogP contribution < -0.4 is 15.0 Å². The Morgan fingerprint density at radius 3 is 2.43 bits per heavy atom. The summed E-state index contributed by atoms with van der Waals surface area (Å²) in [5.41, 5.74) is 2.41. The zero-order valence-electron chi connectivity index (χ0n) is 17.4. The Morgan fingerprint density at radius 2 is 1.80 bits per heavy atom. The first-order valence-electron chi connectivity index (χ1n) is 9.98. The Bertz CT molecular complexity index is 908. The topological polar surface area (TPSA) is 84.9 Å². The number of nitrogens with zero attached hydrogens (tertiary/aromatic N) is 1. The van der Waals surface area contributed by atoms with Gasteiger partial charge in [-0.3, -0.25) is 14.4 Å². The molecule has 7 heteroatoms. The molecular formula is C23H26N2O5. The van der Waals surface area contributed by atoms with E-state index < -0.39 is 23.9 Å². The van der Waals surface area contributed by atoms with Gasteiger partial charge in [-0.25, -0.2) is 0 Å². The van der Waals surface area contributed by atoms with Crippen molar-refractivity contribution in [3.05, 3.63) is 54.1 Å². The van der Waals surface area contributed by atoms with Gasteiger partial charge in [-0.05, 0) is 57.2 Å². The molecule has 0 spiro atoms. The van der Waals surface area contributed by atoms with Gasteiger partial charge in [0, 0.05) is 24.3 Å². The summed E-state index contributed by atoms with van der Waals surface area (Å²) < 4.78 is 10.7. The maximum absolute atomic E-state index is 12.5. The van der Waals surface area contributed by atoms with Crippen molar-refractivity contribution in [3.63, 3.8) is 0 Å². The number of ether oxygens (including phenoxy) is 2. The molecule has 2 amide bonds. The van der Waals surface area contributed by atoms with Crippen molar-refractivity contribution in [1.82, 2.24) is 0 Å². The molecule has 1 aliphatic heterocycles. The minimum Gasteiger partial charge on any atom is -0.494 e. The van der Waals surface area contributed by atoms with Gasteiger partial charge in [0.05, 0.1) is 12.5 Å². The van der Waals surface area contributed by atoms with Crippen LogP contribution in [0.4, 0.5) is 11.4 Å². The molecule has 0 saturated carbocycles. The molecule has 7 nitrogen and oxygen atoms in total. The van der Waals surface area contributed by atoms with E-state index in [1.807, 2.05) is 26.0 Å². The number of rotatable bonds is 7. The average molecular weight is 410 g/mol. The summed E-state index contributed by atoms with van der Waals surface area (Å²) in [4.78, 5) is 38.8. The van der Waals surface area contributed by atoms with Gasteiger partial charge in [0.1, 0.15) is 5.75 Å². The van der Waals surface area contributed by atoms with Crippen LogP contribution in [0.2, 0.25) is 0 Å². The SMILES string of the molecule is CCOc1ccc(N2CC(C(=O)OC(C)C(=O)Nc3ccc(C)cc3)CC2=O)cc1. The van der Waals surface area contributed by atoms with Crippen LogP contribution in [0, 0.1) is 12.8 Å².